The summed E-state index contributed by atoms with van der Waals surface area (Å²) < 4.78 is 12.2. The fourth-order valence-corrected chi connectivity index (χ4v) is 0.292. The Hall–Kier alpha value is -0.660. The van der Waals surface area contributed by atoms with Crippen molar-refractivity contribution in [3.8, 4) is 0 Å². The van der Waals surface area contributed by atoms with Gasteiger partial charge < -0.3 is 5.41 Å². The van der Waals surface area contributed by atoms with Crippen molar-refractivity contribution in [3.63, 3.8) is 0 Å². The number of hydrogen-bond acceptors (Lipinski definition) is 1. The lowest BCUT2D eigenvalue weighted by atomic mass is 10.2. The maximum absolute atomic E-state index is 12.2. The molecule has 0 amide bonds. The molecule has 0 rings (SSSR count). The van der Waals surface area contributed by atoms with Crippen LogP contribution in [0.2, 0.25) is 0 Å². The lowest BCUT2D eigenvalue weighted by Gasteiger charge is -1.91. The van der Waals surface area contributed by atoms with E-state index in [0.29, 0.717) is 12.0 Å². The number of hydrogen-bond donors (Lipinski definition) is 1. The third-order valence-corrected chi connectivity index (χ3v) is 1.06. The summed E-state index contributed by atoms with van der Waals surface area (Å²) in [6, 6.07) is 0. The molecule has 0 fully saturated rings. The van der Waals surface area contributed by atoms with E-state index in [0.717, 1.165) is 6.21 Å². The summed E-state index contributed by atoms with van der Waals surface area (Å²) in [6.45, 7) is 3.54. The van der Waals surface area contributed by atoms with E-state index in [-0.39, 0.29) is 0 Å². The second-order valence-corrected chi connectivity index (χ2v) is 1.63. The standard InChI is InChI=1S/C6H10FN/c1-3-5(2)6(7)4-8/h4,8H,3H2,1-2H3/b6-5-,8-4?. The Labute approximate surface area is 48.7 Å². The maximum Gasteiger partial charge on any atom is 0.139 e. The van der Waals surface area contributed by atoms with E-state index < -0.39 is 5.83 Å². The van der Waals surface area contributed by atoms with Gasteiger partial charge in [0.1, 0.15) is 5.83 Å². The van der Waals surface area contributed by atoms with Crippen molar-refractivity contribution in [3.05, 3.63) is 11.4 Å². The van der Waals surface area contributed by atoms with Crippen molar-refractivity contribution >= 4 is 6.21 Å². The molecular weight excluding hydrogens is 105 g/mol. The monoisotopic (exact) mass is 115 g/mol. The van der Waals surface area contributed by atoms with Gasteiger partial charge in [-0.1, -0.05) is 6.92 Å². The summed E-state index contributed by atoms with van der Waals surface area (Å²) >= 11 is 0. The fraction of sp³-hybridized carbons (Fsp3) is 0.500. The van der Waals surface area contributed by atoms with Gasteiger partial charge in [0.25, 0.3) is 0 Å². The van der Waals surface area contributed by atoms with Crippen LogP contribution in [0.15, 0.2) is 11.4 Å². The number of allylic oxidation sites excluding steroid dienone is 2. The molecule has 1 nitrogen and oxygen atoms in total. The molecule has 2 heteroatoms. The van der Waals surface area contributed by atoms with Crippen molar-refractivity contribution < 1.29 is 4.39 Å². The normalized spacial score (nSPS) is 12.9. The molecule has 0 aromatic carbocycles. The van der Waals surface area contributed by atoms with Gasteiger partial charge in [-0.25, -0.2) is 4.39 Å². The van der Waals surface area contributed by atoms with Crippen LogP contribution in [0.4, 0.5) is 4.39 Å². The van der Waals surface area contributed by atoms with E-state index in [4.69, 9.17) is 5.41 Å². The molecule has 0 radical (unpaired) electrons. The van der Waals surface area contributed by atoms with Gasteiger partial charge in [-0.15, -0.1) is 0 Å². The first-order chi connectivity index (χ1) is 3.72. The van der Waals surface area contributed by atoms with Gasteiger partial charge >= 0.3 is 0 Å². The van der Waals surface area contributed by atoms with Gasteiger partial charge in [0.05, 0.1) is 6.21 Å². The predicted molar refractivity (Wildman–Crippen MR) is 32.9 cm³/mol. The number of halogens is 1. The van der Waals surface area contributed by atoms with Gasteiger partial charge in [-0.3, -0.25) is 0 Å². The van der Waals surface area contributed by atoms with Crippen LogP contribution in [-0.4, -0.2) is 6.21 Å². The SMILES string of the molecule is CC/C(C)=C(\F)C=N. The minimum atomic E-state index is -0.410. The summed E-state index contributed by atoms with van der Waals surface area (Å²) in [5, 5.41) is 6.48. The zero-order valence-corrected chi connectivity index (χ0v) is 5.16. The molecule has 0 atom stereocenters. The van der Waals surface area contributed by atoms with Crippen molar-refractivity contribution in [2.75, 3.05) is 0 Å². The van der Waals surface area contributed by atoms with Crippen LogP contribution in [0.25, 0.3) is 0 Å². The van der Waals surface area contributed by atoms with Crippen LogP contribution in [0.3, 0.4) is 0 Å². The summed E-state index contributed by atoms with van der Waals surface area (Å²) in [5.74, 6) is -0.410. The highest BCUT2D eigenvalue weighted by atomic mass is 19.1. The Morgan fingerprint density at radius 1 is 1.75 bits per heavy atom. The third-order valence-electron chi connectivity index (χ3n) is 1.06. The Morgan fingerprint density at radius 2 is 2.25 bits per heavy atom. The van der Waals surface area contributed by atoms with Gasteiger partial charge in [-0.05, 0) is 18.9 Å². The zero-order valence-electron chi connectivity index (χ0n) is 5.16. The topological polar surface area (TPSA) is 23.9 Å². The molecule has 0 aliphatic carbocycles. The highest BCUT2D eigenvalue weighted by Crippen LogP contribution is 2.05. The Morgan fingerprint density at radius 3 is 2.38 bits per heavy atom. The number of nitrogens with one attached hydrogen (secondary N) is 1. The minimum Gasteiger partial charge on any atom is -0.306 e. The molecule has 0 spiro atoms. The molecule has 8 heavy (non-hydrogen) atoms. The molecule has 46 valence electrons. The van der Waals surface area contributed by atoms with Gasteiger partial charge in [0.15, 0.2) is 0 Å². The maximum atomic E-state index is 12.2. The first kappa shape index (κ1) is 7.34. The van der Waals surface area contributed by atoms with Crippen LogP contribution < -0.4 is 0 Å². The van der Waals surface area contributed by atoms with E-state index in [1.165, 1.54) is 0 Å². The lowest BCUT2D eigenvalue weighted by Crippen LogP contribution is -1.79. The first-order valence-corrected chi connectivity index (χ1v) is 2.58. The van der Waals surface area contributed by atoms with Crippen LogP contribution >= 0.6 is 0 Å². The molecule has 1 N–H and O–H groups in total. The summed E-state index contributed by atoms with van der Waals surface area (Å²) in [6.07, 6.45) is 1.42. The summed E-state index contributed by atoms with van der Waals surface area (Å²) in [7, 11) is 0. The van der Waals surface area contributed by atoms with Crippen molar-refractivity contribution in [2.24, 2.45) is 0 Å². The summed E-state index contributed by atoms with van der Waals surface area (Å²) in [5.41, 5.74) is 0.639. The van der Waals surface area contributed by atoms with Crippen LogP contribution in [-0.2, 0) is 0 Å². The predicted octanol–water partition coefficient (Wildman–Crippen LogP) is 2.29. The molecule has 0 aromatic rings. The molecule has 0 aliphatic heterocycles. The lowest BCUT2D eigenvalue weighted by molar-refractivity contribution is 0.666. The molecule has 0 saturated carbocycles. The number of rotatable bonds is 2. The molecule has 0 saturated heterocycles. The second kappa shape index (κ2) is 3.36. The molecule has 0 heterocycles. The molecule has 0 unspecified atom stereocenters. The van der Waals surface area contributed by atoms with Crippen LogP contribution in [0.5, 0.6) is 0 Å². The average molecular weight is 115 g/mol. The highest BCUT2D eigenvalue weighted by Gasteiger charge is 1.91. The molecule has 0 aromatic heterocycles. The van der Waals surface area contributed by atoms with E-state index in [1.54, 1.807) is 6.92 Å². The van der Waals surface area contributed by atoms with Crippen LogP contribution in [0.1, 0.15) is 20.3 Å². The van der Waals surface area contributed by atoms with E-state index >= 15 is 0 Å². The van der Waals surface area contributed by atoms with Gasteiger partial charge in [0, 0.05) is 0 Å². The zero-order chi connectivity index (χ0) is 6.57. The average Bonchev–Trinajstić information content (AvgIpc) is 1.84. The van der Waals surface area contributed by atoms with Crippen molar-refractivity contribution in [2.45, 2.75) is 20.3 Å². The molecular formula is C6H10FN. The van der Waals surface area contributed by atoms with Crippen molar-refractivity contribution in [1.29, 1.82) is 5.41 Å². The van der Waals surface area contributed by atoms with E-state index in [2.05, 4.69) is 0 Å². The first-order valence-electron chi connectivity index (χ1n) is 2.58. The molecule has 0 bridgehead atoms. The molecule has 0 aliphatic rings. The van der Waals surface area contributed by atoms with E-state index in [1.807, 2.05) is 6.92 Å². The van der Waals surface area contributed by atoms with Gasteiger partial charge in [-0.2, -0.15) is 0 Å². The summed E-state index contributed by atoms with van der Waals surface area (Å²) in [4.78, 5) is 0. The van der Waals surface area contributed by atoms with Crippen molar-refractivity contribution in [1.82, 2.24) is 0 Å². The smallest absolute Gasteiger partial charge is 0.139 e. The Bertz CT molecular complexity index is 116. The largest absolute Gasteiger partial charge is 0.306 e. The van der Waals surface area contributed by atoms with Crippen LogP contribution in [0, 0.1) is 5.41 Å². The van der Waals surface area contributed by atoms with Gasteiger partial charge in [0.2, 0.25) is 0 Å². The second-order valence-electron chi connectivity index (χ2n) is 1.63. The quantitative estimate of drug-likeness (QED) is 0.534. The Kier molecular flexibility index (Phi) is 3.08. The van der Waals surface area contributed by atoms with E-state index in [9.17, 15) is 4.39 Å². The third kappa shape index (κ3) is 1.87. The minimum absolute atomic E-state index is 0.410. The Balaban J connectivity index is 4.03. The highest BCUT2D eigenvalue weighted by molar-refractivity contribution is 5.73. The fourth-order valence-electron chi connectivity index (χ4n) is 0.292.